The normalized spacial score (nSPS) is 12.0. The molecule has 22 heavy (non-hydrogen) atoms. The van der Waals surface area contributed by atoms with Crippen molar-refractivity contribution >= 4 is 23.2 Å². The zero-order valence-electron chi connectivity index (χ0n) is 12.5. The molecule has 0 unspecified atom stereocenters. The van der Waals surface area contributed by atoms with Crippen LogP contribution in [-0.4, -0.2) is 35.4 Å². The summed E-state index contributed by atoms with van der Waals surface area (Å²) >= 11 is 5.94. The Bertz CT molecular complexity index is 616. The van der Waals surface area contributed by atoms with Gasteiger partial charge in [0.1, 0.15) is 5.75 Å². The Kier molecular flexibility index (Phi) is 5.80. The smallest absolute Gasteiger partial charge is 0.238 e. The van der Waals surface area contributed by atoms with Crippen LogP contribution in [0, 0.1) is 0 Å². The maximum Gasteiger partial charge on any atom is 0.238 e. The monoisotopic (exact) mass is 322 g/mol. The van der Waals surface area contributed by atoms with Crippen LogP contribution >= 0.6 is 11.6 Å². The lowest BCUT2D eigenvalue weighted by atomic mass is 10.3. The molecule has 0 fully saturated rings. The van der Waals surface area contributed by atoms with Gasteiger partial charge in [0, 0.05) is 30.2 Å². The van der Waals surface area contributed by atoms with Gasteiger partial charge in [0.25, 0.3) is 0 Å². The van der Waals surface area contributed by atoms with Crippen molar-refractivity contribution < 1.29 is 9.53 Å². The predicted molar refractivity (Wildman–Crippen MR) is 86.3 cm³/mol. The average Bonchev–Trinajstić information content (AvgIpc) is 3.00. The minimum Gasteiger partial charge on any atom is -0.495 e. The van der Waals surface area contributed by atoms with Gasteiger partial charge in [-0.3, -0.25) is 9.48 Å². The van der Waals surface area contributed by atoms with Crippen LogP contribution in [0.1, 0.15) is 6.92 Å². The molecule has 0 aliphatic rings. The van der Waals surface area contributed by atoms with E-state index in [-0.39, 0.29) is 18.5 Å². The molecule has 0 bridgehead atoms. The number of nitrogens with one attached hydrogen (secondary N) is 2. The van der Waals surface area contributed by atoms with Gasteiger partial charge >= 0.3 is 0 Å². The number of aromatic nitrogens is 2. The van der Waals surface area contributed by atoms with Crippen LogP contribution in [0.15, 0.2) is 36.7 Å². The van der Waals surface area contributed by atoms with Crippen molar-refractivity contribution in [1.29, 1.82) is 0 Å². The lowest BCUT2D eigenvalue weighted by Gasteiger charge is -2.14. The number of methoxy groups -OCH3 is 1. The fraction of sp³-hybridized carbons (Fsp3) is 0.333. The van der Waals surface area contributed by atoms with Gasteiger partial charge in [-0.15, -0.1) is 0 Å². The summed E-state index contributed by atoms with van der Waals surface area (Å²) in [5, 5.41) is 10.6. The first-order valence-corrected chi connectivity index (χ1v) is 7.30. The van der Waals surface area contributed by atoms with E-state index in [0.717, 1.165) is 0 Å². The molecule has 118 valence electrons. The number of hydrogen-bond acceptors (Lipinski definition) is 4. The Morgan fingerprint density at radius 3 is 3.00 bits per heavy atom. The summed E-state index contributed by atoms with van der Waals surface area (Å²) in [5.74, 6) is 0.399. The van der Waals surface area contributed by atoms with Gasteiger partial charge in [-0.2, -0.15) is 5.10 Å². The third kappa shape index (κ3) is 4.75. The molecule has 0 saturated heterocycles. The average molecular weight is 323 g/mol. The summed E-state index contributed by atoms with van der Waals surface area (Å²) in [5.41, 5.74) is 0.646. The van der Waals surface area contributed by atoms with Gasteiger partial charge in [0.15, 0.2) is 0 Å². The van der Waals surface area contributed by atoms with Crippen molar-refractivity contribution in [3.63, 3.8) is 0 Å². The predicted octanol–water partition coefficient (Wildman–Crippen LogP) is 2.16. The highest BCUT2D eigenvalue weighted by Gasteiger charge is 2.08. The molecular weight excluding hydrogens is 304 g/mol. The van der Waals surface area contributed by atoms with Gasteiger partial charge in [0.05, 0.1) is 25.2 Å². The molecular formula is C15H19ClN4O2. The van der Waals surface area contributed by atoms with Crippen LogP contribution in [0.3, 0.4) is 0 Å². The second kappa shape index (κ2) is 7.82. The molecule has 0 aliphatic heterocycles. The molecule has 7 heteroatoms. The fourth-order valence-corrected chi connectivity index (χ4v) is 2.16. The van der Waals surface area contributed by atoms with Crippen LogP contribution < -0.4 is 15.4 Å². The number of anilines is 1. The Balaban J connectivity index is 1.80. The molecule has 1 aromatic heterocycles. The number of rotatable bonds is 7. The number of carbonyl (C=O) groups is 1. The molecule has 0 saturated carbocycles. The van der Waals surface area contributed by atoms with E-state index in [4.69, 9.17) is 16.3 Å². The first-order chi connectivity index (χ1) is 10.6. The summed E-state index contributed by atoms with van der Waals surface area (Å²) in [6.07, 6.45) is 3.62. The van der Waals surface area contributed by atoms with E-state index in [1.54, 1.807) is 24.4 Å². The van der Waals surface area contributed by atoms with Crippen LogP contribution in [0.5, 0.6) is 5.75 Å². The van der Waals surface area contributed by atoms with Crippen LogP contribution in [0.25, 0.3) is 0 Å². The van der Waals surface area contributed by atoms with Gasteiger partial charge < -0.3 is 15.4 Å². The molecule has 2 aromatic rings. The number of benzene rings is 1. The zero-order valence-corrected chi connectivity index (χ0v) is 13.3. The number of hydrogen-bond donors (Lipinski definition) is 2. The minimum atomic E-state index is -0.128. The van der Waals surface area contributed by atoms with Crippen molar-refractivity contribution in [1.82, 2.24) is 15.1 Å². The molecule has 0 radical (unpaired) electrons. The molecule has 6 nitrogen and oxygen atoms in total. The van der Waals surface area contributed by atoms with Gasteiger partial charge in [0.2, 0.25) is 5.91 Å². The van der Waals surface area contributed by atoms with Crippen molar-refractivity contribution in [3.8, 4) is 5.75 Å². The molecule has 0 aliphatic carbocycles. The number of nitrogens with zero attached hydrogens (tertiary/aromatic N) is 2. The maximum atomic E-state index is 11.9. The number of carbonyl (C=O) groups excluding carboxylic acids is 1. The van der Waals surface area contributed by atoms with Gasteiger partial charge in [-0.05, 0) is 25.1 Å². The summed E-state index contributed by atoms with van der Waals surface area (Å²) in [6, 6.07) is 7.10. The van der Waals surface area contributed by atoms with E-state index in [2.05, 4.69) is 15.7 Å². The highest BCUT2D eigenvalue weighted by Crippen LogP contribution is 2.27. The number of halogens is 1. The molecule has 1 atom stereocenters. The second-order valence-electron chi connectivity index (χ2n) is 4.91. The van der Waals surface area contributed by atoms with Crippen LogP contribution in [0.4, 0.5) is 5.69 Å². The van der Waals surface area contributed by atoms with E-state index in [1.807, 2.05) is 23.9 Å². The highest BCUT2D eigenvalue weighted by molar-refractivity contribution is 6.32. The Morgan fingerprint density at radius 1 is 1.50 bits per heavy atom. The zero-order chi connectivity index (χ0) is 15.9. The molecule has 2 rings (SSSR count). The van der Waals surface area contributed by atoms with Crippen LogP contribution in [-0.2, 0) is 11.3 Å². The maximum absolute atomic E-state index is 11.9. The van der Waals surface area contributed by atoms with E-state index in [9.17, 15) is 4.79 Å². The first-order valence-electron chi connectivity index (χ1n) is 6.92. The fourth-order valence-electron chi connectivity index (χ4n) is 1.96. The quantitative estimate of drug-likeness (QED) is 0.819. The van der Waals surface area contributed by atoms with E-state index in [1.165, 1.54) is 7.11 Å². The summed E-state index contributed by atoms with van der Waals surface area (Å²) in [7, 11) is 1.53. The number of ether oxygens (including phenoxy) is 1. The number of amides is 1. The lowest BCUT2D eigenvalue weighted by Crippen LogP contribution is -2.36. The topological polar surface area (TPSA) is 68.2 Å². The van der Waals surface area contributed by atoms with Gasteiger partial charge in [-0.25, -0.2) is 0 Å². The van der Waals surface area contributed by atoms with Crippen molar-refractivity contribution in [3.05, 3.63) is 41.7 Å². The first kappa shape index (κ1) is 16.3. The SMILES string of the molecule is COc1cc(NC(=O)CN[C@@H](C)Cn2cccn2)ccc1Cl. The third-order valence-electron chi connectivity index (χ3n) is 3.07. The lowest BCUT2D eigenvalue weighted by molar-refractivity contribution is -0.115. The minimum absolute atomic E-state index is 0.128. The Hall–Kier alpha value is -2.05. The van der Waals surface area contributed by atoms with Crippen molar-refractivity contribution in [2.75, 3.05) is 19.0 Å². The largest absolute Gasteiger partial charge is 0.495 e. The summed E-state index contributed by atoms with van der Waals surface area (Å²) in [6.45, 7) is 2.92. The van der Waals surface area contributed by atoms with Crippen LogP contribution in [0.2, 0.25) is 5.02 Å². The van der Waals surface area contributed by atoms with Crippen molar-refractivity contribution in [2.45, 2.75) is 19.5 Å². The third-order valence-corrected chi connectivity index (χ3v) is 3.38. The van der Waals surface area contributed by atoms with E-state index in [0.29, 0.717) is 23.0 Å². The van der Waals surface area contributed by atoms with E-state index >= 15 is 0 Å². The summed E-state index contributed by atoms with van der Waals surface area (Å²) < 4.78 is 6.93. The Morgan fingerprint density at radius 2 is 2.32 bits per heavy atom. The standard InChI is InChI=1S/C15H19ClN4O2/c1-11(10-20-7-3-6-18-20)17-9-15(21)19-12-4-5-13(16)14(8-12)22-2/h3-8,11,17H,9-10H2,1-2H3,(H,19,21)/t11-/m0/s1. The summed E-state index contributed by atoms with van der Waals surface area (Å²) in [4.78, 5) is 11.9. The molecule has 1 amide bonds. The second-order valence-corrected chi connectivity index (χ2v) is 5.31. The molecule has 2 N–H and O–H groups in total. The Labute approximate surface area is 134 Å². The van der Waals surface area contributed by atoms with Crippen molar-refractivity contribution in [2.24, 2.45) is 0 Å². The molecule has 0 spiro atoms. The molecule has 1 aromatic carbocycles. The van der Waals surface area contributed by atoms with Gasteiger partial charge in [-0.1, -0.05) is 11.6 Å². The highest BCUT2D eigenvalue weighted by atomic mass is 35.5. The molecule has 1 heterocycles. The van der Waals surface area contributed by atoms with E-state index < -0.39 is 0 Å².